The van der Waals surface area contributed by atoms with E-state index in [1.54, 1.807) is 11.4 Å². The molecule has 2 aromatic heterocycles. The summed E-state index contributed by atoms with van der Waals surface area (Å²) in [6, 6.07) is 1.74. The highest BCUT2D eigenvalue weighted by atomic mass is 32.1. The van der Waals surface area contributed by atoms with Gasteiger partial charge in [-0.3, -0.25) is 4.79 Å². The first-order chi connectivity index (χ1) is 7.81. The molecule has 0 radical (unpaired) electrons. The first kappa shape index (κ1) is 10.6. The number of tetrazole rings is 1. The highest BCUT2D eigenvalue weighted by molar-refractivity contribution is 7.12. The molecule has 0 atom stereocenters. The highest BCUT2D eigenvalue weighted by Crippen LogP contribution is 2.23. The van der Waals surface area contributed by atoms with Crippen molar-refractivity contribution in [3.8, 4) is 5.75 Å². The van der Waals surface area contributed by atoms with Gasteiger partial charge in [-0.1, -0.05) is 5.21 Å². The van der Waals surface area contributed by atoms with Crippen LogP contribution in [-0.2, 0) is 6.54 Å². The monoisotopic (exact) mass is 239 g/mol. The lowest BCUT2D eigenvalue weighted by molar-refractivity contribution is 0.0951. The fourth-order valence-corrected chi connectivity index (χ4v) is 1.90. The zero-order valence-corrected chi connectivity index (χ0v) is 9.24. The number of methoxy groups -OCH3 is 1. The van der Waals surface area contributed by atoms with E-state index in [1.807, 2.05) is 0 Å². The molecular formula is C8H9N5O2S. The van der Waals surface area contributed by atoms with E-state index >= 15 is 0 Å². The molecule has 0 bridgehead atoms. The molecule has 0 aliphatic rings. The Kier molecular flexibility index (Phi) is 3.10. The Hall–Kier alpha value is -1.96. The van der Waals surface area contributed by atoms with Crippen molar-refractivity contribution in [3.63, 3.8) is 0 Å². The van der Waals surface area contributed by atoms with E-state index in [2.05, 4.69) is 25.9 Å². The van der Waals surface area contributed by atoms with Crippen molar-refractivity contribution < 1.29 is 9.53 Å². The van der Waals surface area contributed by atoms with Gasteiger partial charge in [0.2, 0.25) is 0 Å². The summed E-state index contributed by atoms with van der Waals surface area (Å²) in [4.78, 5) is 12.2. The zero-order valence-electron chi connectivity index (χ0n) is 8.43. The van der Waals surface area contributed by atoms with Gasteiger partial charge in [0.25, 0.3) is 5.91 Å². The van der Waals surface area contributed by atoms with E-state index in [9.17, 15) is 4.79 Å². The van der Waals surface area contributed by atoms with Gasteiger partial charge in [0, 0.05) is 0 Å². The average Bonchev–Trinajstić information content (AvgIpc) is 2.96. The number of hydrogen-bond donors (Lipinski definition) is 2. The molecule has 84 valence electrons. The topological polar surface area (TPSA) is 92.8 Å². The summed E-state index contributed by atoms with van der Waals surface area (Å²) in [6.45, 7) is 0.233. The van der Waals surface area contributed by atoms with Gasteiger partial charge < -0.3 is 10.1 Å². The Bertz CT molecular complexity index is 466. The van der Waals surface area contributed by atoms with Gasteiger partial charge in [0.05, 0.1) is 13.7 Å². The third-order valence-corrected chi connectivity index (χ3v) is 2.75. The van der Waals surface area contributed by atoms with E-state index < -0.39 is 0 Å². The smallest absolute Gasteiger partial charge is 0.265 e. The standard InChI is InChI=1S/C8H9N5O2S/c1-15-5-2-3-16-7(5)8(14)9-4-6-10-12-13-11-6/h2-3H,4H2,1H3,(H,9,14)(H,10,11,12,13). The fourth-order valence-electron chi connectivity index (χ4n) is 1.12. The fraction of sp³-hybridized carbons (Fsp3) is 0.250. The number of carbonyl (C=O) groups is 1. The first-order valence-electron chi connectivity index (χ1n) is 4.43. The normalized spacial score (nSPS) is 10.1. The maximum absolute atomic E-state index is 11.7. The van der Waals surface area contributed by atoms with Crippen LogP contribution in [0.15, 0.2) is 11.4 Å². The Balaban J connectivity index is 1.98. The van der Waals surface area contributed by atoms with Crippen LogP contribution in [0, 0.1) is 0 Å². The predicted molar refractivity (Wildman–Crippen MR) is 56.2 cm³/mol. The third kappa shape index (κ3) is 2.16. The second kappa shape index (κ2) is 4.71. The van der Waals surface area contributed by atoms with Crippen LogP contribution in [0.3, 0.4) is 0 Å². The molecule has 0 saturated heterocycles. The lowest BCUT2D eigenvalue weighted by Gasteiger charge is -2.02. The first-order valence-corrected chi connectivity index (χ1v) is 5.31. The van der Waals surface area contributed by atoms with Crippen molar-refractivity contribution in [2.75, 3.05) is 7.11 Å². The number of nitrogens with zero attached hydrogens (tertiary/aromatic N) is 3. The molecule has 0 spiro atoms. The number of aromatic nitrogens is 4. The molecule has 1 amide bonds. The van der Waals surface area contributed by atoms with Crippen molar-refractivity contribution in [1.29, 1.82) is 0 Å². The van der Waals surface area contributed by atoms with Gasteiger partial charge in [-0.05, 0) is 11.4 Å². The highest BCUT2D eigenvalue weighted by Gasteiger charge is 2.13. The summed E-state index contributed by atoms with van der Waals surface area (Å²) in [5, 5.41) is 17.6. The summed E-state index contributed by atoms with van der Waals surface area (Å²) in [6.07, 6.45) is 0. The molecular weight excluding hydrogens is 230 g/mol. The molecule has 2 aromatic rings. The van der Waals surface area contributed by atoms with Gasteiger partial charge >= 0.3 is 0 Å². The maximum atomic E-state index is 11.7. The lowest BCUT2D eigenvalue weighted by atomic mass is 10.4. The minimum Gasteiger partial charge on any atom is -0.495 e. The van der Waals surface area contributed by atoms with Crippen molar-refractivity contribution in [1.82, 2.24) is 25.9 Å². The molecule has 2 N–H and O–H groups in total. The van der Waals surface area contributed by atoms with Gasteiger partial charge in [-0.2, -0.15) is 5.21 Å². The second-order valence-electron chi connectivity index (χ2n) is 2.83. The van der Waals surface area contributed by atoms with Gasteiger partial charge in [-0.25, -0.2) is 0 Å². The molecule has 0 aliphatic heterocycles. The number of H-pyrrole nitrogens is 1. The number of rotatable bonds is 4. The number of nitrogens with one attached hydrogen (secondary N) is 2. The minimum absolute atomic E-state index is 0.211. The van der Waals surface area contributed by atoms with E-state index in [0.29, 0.717) is 16.5 Å². The number of thiophene rings is 1. The van der Waals surface area contributed by atoms with Crippen LogP contribution in [0.2, 0.25) is 0 Å². The van der Waals surface area contributed by atoms with Crippen molar-refractivity contribution >= 4 is 17.2 Å². The van der Waals surface area contributed by atoms with Crippen LogP contribution >= 0.6 is 11.3 Å². The van der Waals surface area contributed by atoms with Gasteiger partial charge in [-0.15, -0.1) is 21.5 Å². The molecule has 7 nitrogen and oxygen atoms in total. The molecule has 0 aromatic carbocycles. The molecule has 0 saturated carbocycles. The van der Waals surface area contributed by atoms with E-state index in [0.717, 1.165) is 0 Å². The summed E-state index contributed by atoms with van der Waals surface area (Å²) in [5.41, 5.74) is 0. The predicted octanol–water partition coefficient (Wildman–Crippen LogP) is 0.200. The molecule has 0 aliphatic carbocycles. The van der Waals surface area contributed by atoms with E-state index in [-0.39, 0.29) is 12.5 Å². The number of amides is 1. The van der Waals surface area contributed by atoms with E-state index in [4.69, 9.17) is 4.74 Å². The quantitative estimate of drug-likeness (QED) is 0.795. The second-order valence-corrected chi connectivity index (χ2v) is 3.74. The lowest BCUT2D eigenvalue weighted by Crippen LogP contribution is -2.22. The molecule has 2 heterocycles. The van der Waals surface area contributed by atoms with Gasteiger partial charge in [0.1, 0.15) is 10.6 Å². The van der Waals surface area contributed by atoms with Crippen LogP contribution in [-0.4, -0.2) is 33.6 Å². The van der Waals surface area contributed by atoms with Crippen LogP contribution in [0.4, 0.5) is 0 Å². The average molecular weight is 239 g/mol. The number of carbonyl (C=O) groups excluding carboxylic acids is 1. The van der Waals surface area contributed by atoms with Crippen LogP contribution < -0.4 is 10.1 Å². The molecule has 0 fully saturated rings. The summed E-state index contributed by atoms with van der Waals surface area (Å²) < 4.78 is 5.04. The van der Waals surface area contributed by atoms with E-state index in [1.165, 1.54) is 18.4 Å². The molecule has 2 rings (SSSR count). The summed E-state index contributed by atoms with van der Waals surface area (Å²) in [7, 11) is 1.53. The Morgan fingerprint density at radius 3 is 3.25 bits per heavy atom. The van der Waals surface area contributed by atoms with Crippen molar-refractivity contribution in [2.45, 2.75) is 6.54 Å². The minimum atomic E-state index is -0.211. The number of ether oxygens (including phenoxy) is 1. The van der Waals surface area contributed by atoms with Crippen LogP contribution in [0.1, 0.15) is 15.5 Å². The maximum Gasteiger partial charge on any atom is 0.265 e. The van der Waals surface area contributed by atoms with Crippen LogP contribution in [0.25, 0.3) is 0 Å². The molecule has 16 heavy (non-hydrogen) atoms. The van der Waals surface area contributed by atoms with Crippen molar-refractivity contribution in [3.05, 3.63) is 22.1 Å². The summed E-state index contributed by atoms with van der Waals surface area (Å²) in [5.74, 6) is 0.788. The number of hydrogen-bond acceptors (Lipinski definition) is 6. The van der Waals surface area contributed by atoms with Crippen molar-refractivity contribution in [2.24, 2.45) is 0 Å². The largest absolute Gasteiger partial charge is 0.495 e. The number of aromatic amines is 1. The zero-order chi connectivity index (χ0) is 11.4. The molecule has 8 heteroatoms. The molecule has 0 unspecified atom stereocenters. The summed E-state index contributed by atoms with van der Waals surface area (Å²) >= 11 is 1.32. The Morgan fingerprint density at radius 1 is 1.69 bits per heavy atom. The SMILES string of the molecule is COc1ccsc1C(=O)NCc1nn[nH]n1. The Morgan fingerprint density at radius 2 is 2.56 bits per heavy atom. The third-order valence-electron chi connectivity index (χ3n) is 1.85. The Labute approximate surface area is 94.8 Å². The van der Waals surface area contributed by atoms with Gasteiger partial charge in [0.15, 0.2) is 5.82 Å². The van der Waals surface area contributed by atoms with Crippen LogP contribution in [0.5, 0.6) is 5.75 Å².